The van der Waals surface area contributed by atoms with Crippen LogP contribution in [0.4, 0.5) is 0 Å². The molecule has 17 valence electrons. The molecule has 0 aliphatic rings. The molecule has 1 nitrogen and oxygen atoms in total. The van der Waals surface area contributed by atoms with Gasteiger partial charge in [0, 0.05) is 19.5 Å². The predicted octanol–water partition coefficient (Wildman–Crippen LogP) is 0.460. The van der Waals surface area contributed by atoms with E-state index in [1.807, 2.05) is 0 Å². The summed E-state index contributed by atoms with van der Waals surface area (Å²) in [7, 11) is 0. The van der Waals surface area contributed by atoms with Crippen LogP contribution in [0.25, 0.3) is 0 Å². The Morgan fingerprint density at radius 1 is 1.75 bits per heavy atom. The van der Waals surface area contributed by atoms with E-state index in [1.165, 1.54) is 0 Å². The van der Waals surface area contributed by atoms with Crippen LogP contribution in [0.1, 0.15) is 0 Å². The fourth-order valence-electron chi connectivity index (χ4n) is 0. The van der Waals surface area contributed by atoms with Crippen molar-refractivity contribution in [2.24, 2.45) is 0 Å². The quantitative estimate of drug-likeness (QED) is 0.472. The summed E-state index contributed by atoms with van der Waals surface area (Å²) in [6, 6.07) is 0. The summed E-state index contributed by atoms with van der Waals surface area (Å²) >= 11 is -1.12. The van der Waals surface area contributed by atoms with Crippen LogP contribution in [0.3, 0.4) is 0 Å². The van der Waals surface area contributed by atoms with E-state index in [1.54, 1.807) is 5.52 Å². The smallest absolute Gasteiger partial charge is 0 e. The van der Waals surface area contributed by atoms with Crippen molar-refractivity contribution in [1.29, 1.82) is 0 Å². The van der Waals surface area contributed by atoms with Crippen LogP contribution >= 0.6 is 0 Å². The molecule has 0 bridgehead atoms. The first kappa shape index (κ1) is 8.90. The van der Waals surface area contributed by atoms with Crippen molar-refractivity contribution in [3.8, 4) is 0 Å². The molecule has 0 unspecified atom stereocenters. The fraction of sp³-hybridized carbons (Fsp3) is 1.00. The van der Waals surface area contributed by atoms with E-state index in [0.717, 1.165) is 0 Å². The average Bonchev–Trinajstić information content (AvgIpc) is 0.918. The van der Waals surface area contributed by atoms with Gasteiger partial charge in [-0.3, -0.25) is 0 Å². The molecule has 0 fully saturated rings. The molecule has 3 heteroatoms. The van der Waals surface area contributed by atoms with Gasteiger partial charge in [0.1, 0.15) is 0 Å². The standard InChI is InChI=1S/CH3.O.2Zn/h1H3;;;. The second kappa shape index (κ2) is 8.97. The Bertz CT molecular complexity index is 13.5. The van der Waals surface area contributed by atoms with E-state index in [9.17, 15) is 0 Å². The van der Waals surface area contributed by atoms with Gasteiger partial charge in [-0.1, -0.05) is 0 Å². The zero-order valence-electron chi connectivity index (χ0n) is 2.82. The Hall–Kier alpha value is 1.05. The first-order chi connectivity index (χ1) is 1.41. The first-order valence-corrected chi connectivity index (χ1v) is 5.17. The molecule has 0 aliphatic carbocycles. The summed E-state index contributed by atoms with van der Waals surface area (Å²) in [6.07, 6.45) is 0. The summed E-state index contributed by atoms with van der Waals surface area (Å²) < 4.78 is 9.12. The normalized spacial score (nSPS) is 2.25. The third kappa shape index (κ3) is 11.6. The summed E-state index contributed by atoms with van der Waals surface area (Å²) in [5.41, 5.74) is 1.76. The summed E-state index contributed by atoms with van der Waals surface area (Å²) in [6.45, 7) is 0. The monoisotopic (exact) mass is 159 g/mol. The molecule has 0 aromatic rings. The van der Waals surface area contributed by atoms with Crippen LogP contribution in [0.5, 0.6) is 0 Å². The minimum atomic E-state index is -1.12. The van der Waals surface area contributed by atoms with E-state index in [2.05, 4.69) is 0 Å². The van der Waals surface area contributed by atoms with Crippen LogP contribution in [0, 0.1) is 0 Å². The number of hydrogen-bond donors (Lipinski definition) is 0. The van der Waals surface area contributed by atoms with Gasteiger partial charge in [0.05, 0.1) is 0 Å². The third-order valence-corrected chi connectivity index (χ3v) is 0. The molecule has 0 heterocycles. The van der Waals surface area contributed by atoms with Crippen molar-refractivity contribution in [3.05, 3.63) is 0 Å². The Labute approximate surface area is 45.8 Å². The van der Waals surface area contributed by atoms with Crippen molar-refractivity contribution >= 4 is 0 Å². The SMILES string of the molecule is [CH3][Zn]=[O].[Zn]. The molecule has 0 aromatic carbocycles. The largest absolute Gasteiger partial charge is 0 e. The molecular formula is CH3OZn2. The zero-order valence-corrected chi connectivity index (χ0v) is 8.76. The van der Waals surface area contributed by atoms with Crippen molar-refractivity contribution in [3.63, 3.8) is 0 Å². The Kier molecular flexibility index (Phi) is 20.0. The molecule has 0 atom stereocenters. The Morgan fingerprint density at radius 3 is 1.75 bits per heavy atom. The molecule has 0 aromatic heterocycles. The maximum Gasteiger partial charge on any atom is 0 e. The van der Waals surface area contributed by atoms with E-state index in [-0.39, 0.29) is 19.5 Å². The van der Waals surface area contributed by atoms with Crippen molar-refractivity contribution in [2.45, 2.75) is 5.52 Å². The Balaban J connectivity index is 0. The Morgan fingerprint density at radius 2 is 1.75 bits per heavy atom. The maximum absolute atomic E-state index is 9.12. The average molecular weight is 162 g/mol. The second-order valence-corrected chi connectivity index (χ2v) is 1.50. The van der Waals surface area contributed by atoms with E-state index in [4.69, 9.17) is 3.57 Å². The molecule has 0 radical (unpaired) electrons. The topological polar surface area (TPSA) is 17.1 Å². The maximum atomic E-state index is 9.12. The van der Waals surface area contributed by atoms with E-state index >= 15 is 0 Å². The third-order valence-electron chi connectivity index (χ3n) is 0. The van der Waals surface area contributed by atoms with Crippen molar-refractivity contribution in [1.82, 2.24) is 0 Å². The molecule has 0 amide bonds. The fourth-order valence-corrected chi connectivity index (χ4v) is 0. The second-order valence-electron chi connectivity index (χ2n) is 0.289. The molecule has 0 saturated heterocycles. The number of hydrogen-bond acceptors (Lipinski definition) is 1. The molecule has 4 heavy (non-hydrogen) atoms. The molecule has 0 aliphatic heterocycles. The molecule has 0 saturated carbocycles. The van der Waals surface area contributed by atoms with Gasteiger partial charge in [-0.05, 0) is 0 Å². The van der Waals surface area contributed by atoms with Crippen molar-refractivity contribution in [2.75, 3.05) is 0 Å². The van der Waals surface area contributed by atoms with Gasteiger partial charge >= 0.3 is 26.2 Å². The number of rotatable bonds is 0. The molecular weight excluding hydrogens is 159 g/mol. The van der Waals surface area contributed by atoms with Gasteiger partial charge in [0.2, 0.25) is 0 Å². The van der Waals surface area contributed by atoms with Gasteiger partial charge in [-0.15, -0.1) is 0 Å². The van der Waals surface area contributed by atoms with Gasteiger partial charge in [0.25, 0.3) is 0 Å². The van der Waals surface area contributed by atoms with Crippen LogP contribution in [0.2, 0.25) is 5.52 Å². The van der Waals surface area contributed by atoms with Crippen LogP contribution in [-0.4, -0.2) is 0 Å². The summed E-state index contributed by atoms with van der Waals surface area (Å²) in [5.74, 6) is 0. The van der Waals surface area contributed by atoms with Gasteiger partial charge in [0.15, 0.2) is 0 Å². The van der Waals surface area contributed by atoms with Crippen molar-refractivity contribution < 1.29 is 40.1 Å². The summed E-state index contributed by atoms with van der Waals surface area (Å²) in [4.78, 5) is 0. The van der Waals surface area contributed by atoms with Crippen LogP contribution < -0.4 is 0 Å². The van der Waals surface area contributed by atoms with Gasteiger partial charge in [-0.2, -0.15) is 0 Å². The zero-order chi connectivity index (χ0) is 2.71. The van der Waals surface area contributed by atoms with Gasteiger partial charge < -0.3 is 0 Å². The first-order valence-electron chi connectivity index (χ1n) is 0.996. The van der Waals surface area contributed by atoms with E-state index < -0.39 is 17.1 Å². The minimum absolute atomic E-state index is 0. The minimum Gasteiger partial charge on any atom is 0 e. The predicted molar refractivity (Wildman–Crippen MR) is 6.55 cm³/mol. The molecule has 0 spiro atoms. The van der Waals surface area contributed by atoms with Gasteiger partial charge in [-0.25, -0.2) is 0 Å². The van der Waals surface area contributed by atoms with Crippen LogP contribution in [0.15, 0.2) is 0 Å². The molecule has 0 N–H and O–H groups in total. The summed E-state index contributed by atoms with van der Waals surface area (Å²) in [5, 5.41) is 0. The van der Waals surface area contributed by atoms with E-state index in [0.29, 0.717) is 0 Å². The molecule has 0 rings (SSSR count). The van der Waals surface area contributed by atoms with Crippen LogP contribution in [-0.2, 0) is 40.1 Å².